The van der Waals surface area contributed by atoms with Crippen LogP contribution in [0, 0.1) is 0 Å². The number of hydrogen-bond donors (Lipinski definition) is 0. The van der Waals surface area contributed by atoms with Crippen LogP contribution in [0.5, 0.6) is 0 Å². The summed E-state index contributed by atoms with van der Waals surface area (Å²) in [6.45, 7) is 4.53. The summed E-state index contributed by atoms with van der Waals surface area (Å²) in [5.74, 6) is 0. The average Bonchev–Trinajstić information content (AvgIpc) is 3.45. The first-order valence-corrected chi connectivity index (χ1v) is 13.1. The largest absolute Gasteiger partial charge is 0.309 e. The fourth-order valence-electron chi connectivity index (χ4n) is 6.03. The molecule has 0 radical (unpaired) electrons. The van der Waals surface area contributed by atoms with Crippen LogP contribution in [-0.4, -0.2) is 10.3 Å². The van der Waals surface area contributed by atoms with Crippen LogP contribution in [-0.2, 0) is 11.8 Å². The normalized spacial score (nSPS) is 16.8. The summed E-state index contributed by atoms with van der Waals surface area (Å²) in [7, 11) is 0. The molecule has 0 bridgehead atoms. The van der Waals surface area contributed by atoms with Gasteiger partial charge in [0.2, 0.25) is 0 Å². The first-order chi connectivity index (χ1) is 18.2. The minimum Gasteiger partial charge on any atom is -0.309 e. The molecule has 6 aromatic rings. The lowest BCUT2D eigenvalue weighted by atomic mass is 9.71. The molecule has 5 aromatic carbocycles. The minimum atomic E-state index is -0.362. The Balaban J connectivity index is 1.55. The second-order valence-electron chi connectivity index (χ2n) is 10.1. The molecule has 1 aliphatic heterocycles. The lowest BCUT2D eigenvalue weighted by molar-refractivity contribution is 0.794. The van der Waals surface area contributed by atoms with Gasteiger partial charge < -0.3 is 4.57 Å². The molecule has 0 N–H and O–H groups in total. The number of hydrogen-bond acceptors (Lipinski definition) is 1. The Morgan fingerprint density at radius 3 is 2.08 bits per heavy atom. The van der Waals surface area contributed by atoms with Crippen molar-refractivity contribution in [3.8, 4) is 5.69 Å². The number of rotatable bonds is 4. The summed E-state index contributed by atoms with van der Waals surface area (Å²) in [4.78, 5) is 5.32. The third-order valence-electron chi connectivity index (χ3n) is 8.04. The van der Waals surface area contributed by atoms with Crippen LogP contribution in [0.15, 0.2) is 126 Å². The second-order valence-corrected chi connectivity index (χ2v) is 10.1. The standard InChI is InChI=1S/C35H28N2/c1-3-24-18-20-27(21-19-24)37-32-17-11-10-16-28(32)29-22-31-30(23-33(29)37)35(2,26-14-8-5-9-15-26)34(36-31)25-12-6-4-7-13-25/h4-23H,3H2,1-2H3. The van der Waals surface area contributed by atoms with Crippen LogP contribution >= 0.6 is 0 Å². The van der Waals surface area contributed by atoms with Gasteiger partial charge in [-0.05, 0) is 65.9 Å². The van der Waals surface area contributed by atoms with Crippen molar-refractivity contribution in [2.24, 2.45) is 4.99 Å². The molecular formula is C35H28N2. The minimum absolute atomic E-state index is 0.362. The van der Waals surface area contributed by atoms with Crippen LogP contribution in [0.25, 0.3) is 27.5 Å². The molecule has 0 fully saturated rings. The highest BCUT2D eigenvalue weighted by atomic mass is 15.0. The highest BCUT2D eigenvalue weighted by Crippen LogP contribution is 2.49. The highest BCUT2D eigenvalue weighted by molar-refractivity contribution is 6.17. The molecule has 1 aromatic heterocycles. The van der Waals surface area contributed by atoms with Crippen molar-refractivity contribution in [3.05, 3.63) is 144 Å². The van der Waals surface area contributed by atoms with Crippen molar-refractivity contribution in [1.82, 2.24) is 4.57 Å². The van der Waals surface area contributed by atoms with E-state index in [9.17, 15) is 0 Å². The zero-order valence-electron chi connectivity index (χ0n) is 21.1. The molecule has 2 nitrogen and oxygen atoms in total. The van der Waals surface area contributed by atoms with E-state index in [1.165, 1.54) is 44.2 Å². The van der Waals surface area contributed by atoms with Crippen molar-refractivity contribution in [2.75, 3.05) is 0 Å². The van der Waals surface area contributed by atoms with Gasteiger partial charge >= 0.3 is 0 Å². The molecule has 0 spiro atoms. The van der Waals surface area contributed by atoms with E-state index in [1.54, 1.807) is 0 Å². The fourth-order valence-corrected chi connectivity index (χ4v) is 6.03. The van der Waals surface area contributed by atoms with Gasteiger partial charge in [0.1, 0.15) is 0 Å². The average molecular weight is 477 g/mol. The molecule has 1 atom stereocenters. The summed E-state index contributed by atoms with van der Waals surface area (Å²) in [5.41, 5.74) is 10.4. The second kappa shape index (κ2) is 8.31. The SMILES string of the molecule is CCc1ccc(-n2c3ccccc3c3cc4c(cc32)C(C)(c2ccccc2)C(c2ccccc2)=N4)cc1. The van der Waals surface area contributed by atoms with Gasteiger partial charge in [0.25, 0.3) is 0 Å². The Bertz CT molecular complexity index is 1790. The third kappa shape index (κ3) is 3.22. The molecule has 1 aliphatic rings. The third-order valence-corrected chi connectivity index (χ3v) is 8.04. The van der Waals surface area contributed by atoms with Gasteiger partial charge in [-0.15, -0.1) is 0 Å². The summed E-state index contributed by atoms with van der Waals surface area (Å²) in [5, 5.41) is 2.49. The lowest BCUT2D eigenvalue weighted by Gasteiger charge is -2.29. The molecule has 7 rings (SSSR count). The highest BCUT2D eigenvalue weighted by Gasteiger charge is 2.42. The molecule has 0 aliphatic carbocycles. The molecular weight excluding hydrogens is 448 g/mol. The number of para-hydroxylation sites is 1. The van der Waals surface area contributed by atoms with Gasteiger partial charge in [0.15, 0.2) is 0 Å². The van der Waals surface area contributed by atoms with E-state index in [4.69, 9.17) is 4.99 Å². The molecule has 178 valence electrons. The Hall–Kier alpha value is -4.43. The van der Waals surface area contributed by atoms with Crippen LogP contribution < -0.4 is 0 Å². The van der Waals surface area contributed by atoms with Crippen molar-refractivity contribution in [3.63, 3.8) is 0 Å². The zero-order valence-corrected chi connectivity index (χ0v) is 21.1. The molecule has 37 heavy (non-hydrogen) atoms. The number of aliphatic imine (C=N–C) groups is 1. The summed E-state index contributed by atoms with van der Waals surface area (Å²) in [6, 6.07) is 43.8. The summed E-state index contributed by atoms with van der Waals surface area (Å²) < 4.78 is 2.41. The monoisotopic (exact) mass is 476 g/mol. The quantitative estimate of drug-likeness (QED) is 0.242. The van der Waals surface area contributed by atoms with Gasteiger partial charge in [-0.3, -0.25) is 4.99 Å². The first kappa shape index (κ1) is 21.8. The Kier molecular flexibility index (Phi) is 4.90. The van der Waals surface area contributed by atoms with Crippen molar-refractivity contribution in [1.29, 1.82) is 0 Å². The lowest BCUT2D eigenvalue weighted by Crippen LogP contribution is -2.31. The Morgan fingerprint density at radius 1 is 0.676 bits per heavy atom. The van der Waals surface area contributed by atoms with Crippen molar-refractivity contribution in [2.45, 2.75) is 25.7 Å². The van der Waals surface area contributed by atoms with Crippen molar-refractivity contribution >= 4 is 33.2 Å². The van der Waals surface area contributed by atoms with Gasteiger partial charge in [0, 0.05) is 16.5 Å². The maximum atomic E-state index is 5.32. The predicted octanol–water partition coefficient (Wildman–Crippen LogP) is 8.79. The van der Waals surface area contributed by atoms with Crippen LogP contribution in [0.1, 0.15) is 36.1 Å². The van der Waals surface area contributed by atoms with Gasteiger partial charge in [0.05, 0.1) is 27.8 Å². The first-order valence-electron chi connectivity index (χ1n) is 13.1. The zero-order chi connectivity index (χ0) is 25.0. The summed E-state index contributed by atoms with van der Waals surface area (Å²) in [6.07, 6.45) is 1.04. The predicted molar refractivity (Wildman–Crippen MR) is 156 cm³/mol. The van der Waals surface area contributed by atoms with Gasteiger partial charge in [-0.1, -0.05) is 97.9 Å². The molecule has 0 saturated carbocycles. The maximum Gasteiger partial charge on any atom is 0.0686 e. The van der Waals surface area contributed by atoms with E-state index in [1.807, 2.05) is 0 Å². The van der Waals surface area contributed by atoms with E-state index in [0.717, 1.165) is 23.4 Å². The van der Waals surface area contributed by atoms with E-state index >= 15 is 0 Å². The van der Waals surface area contributed by atoms with Gasteiger partial charge in [-0.2, -0.15) is 0 Å². The van der Waals surface area contributed by atoms with E-state index < -0.39 is 0 Å². The Morgan fingerprint density at radius 2 is 1.35 bits per heavy atom. The van der Waals surface area contributed by atoms with Crippen molar-refractivity contribution < 1.29 is 0 Å². The van der Waals surface area contributed by atoms with E-state index in [0.29, 0.717) is 0 Å². The molecule has 1 unspecified atom stereocenters. The molecule has 0 saturated heterocycles. The molecule has 2 heterocycles. The smallest absolute Gasteiger partial charge is 0.0686 e. The molecule has 0 amide bonds. The number of aryl methyl sites for hydroxylation is 1. The number of aromatic nitrogens is 1. The van der Waals surface area contributed by atoms with Crippen LogP contribution in [0.4, 0.5) is 5.69 Å². The number of nitrogens with zero attached hydrogens (tertiary/aromatic N) is 2. The maximum absolute atomic E-state index is 5.32. The number of fused-ring (bicyclic) bond motifs is 4. The van der Waals surface area contributed by atoms with E-state index in [-0.39, 0.29) is 5.41 Å². The topological polar surface area (TPSA) is 17.3 Å². The Labute approximate surface area is 217 Å². The van der Waals surface area contributed by atoms with Crippen LogP contribution in [0.3, 0.4) is 0 Å². The fraction of sp³-hybridized carbons (Fsp3) is 0.114. The van der Waals surface area contributed by atoms with E-state index in [2.05, 4.69) is 140 Å². The molecule has 2 heteroatoms. The summed E-state index contributed by atoms with van der Waals surface area (Å²) >= 11 is 0. The van der Waals surface area contributed by atoms with Gasteiger partial charge in [-0.25, -0.2) is 0 Å². The van der Waals surface area contributed by atoms with Crippen LogP contribution in [0.2, 0.25) is 0 Å². The number of benzene rings is 5.